The van der Waals surface area contributed by atoms with Gasteiger partial charge in [-0.3, -0.25) is 9.59 Å². The Morgan fingerprint density at radius 3 is 2.60 bits per heavy atom. The number of benzene rings is 2. The van der Waals surface area contributed by atoms with Gasteiger partial charge in [-0.1, -0.05) is 30.3 Å². The summed E-state index contributed by atoms with van der Waals surface area (Å²) in [7, 11) is 1.70. The highest BCUT2D eigenvalue weighted by molar-refractivity contribution is 6.14. The largest absolute Gasteiger partial charge is 0.508 e. The van der Waals surface area contributed by atoms with Gasteiger partial charge >= 0.3 is 0 Å². The molecule has 0 aliphatic carbocycles. The van der Waals surface area contributed by atoms with Crippen LogP contribution in [-0.4, -0.2) is 39.1 Å². The number of para-hydroxylation sites is 1. The second kappa shape index (κ2) is 6.41. The first-order valence-electron chi connectivity index (χ1n) is 9.30. The minimum Gasteiger partial charge on any atom is -0.508 e. The molecule has 1 aliphatic rings. The third-order valence-corrected chi connectivity index (χ3v) is 5.51. The van der Waals surface area contributed by atoms with Crippen LogP contribution in [0.1, 0.15) is 27.5 Å². The number of H-pyrrole nitrogens is 1. The smallest absolute Gasteiger partial charge is 0.269 e. The number of aromatic amines is 1. The number of rotatable bonds is 2. The zero-order chi connectivity index (χ0) is 21.0. The Labute approximate surface area is 171 Å². The molecule has 148 valence electrons. The van der Waals surface area contributed by atoms with E-state index in [2.05, 4.69) is 15.2 Å². The summed E-state index contributed by atoms with van der Waals surface area (Å²) in [6, 6.07) is 13.8. The van der Waals surface area contributed by atoms with E-state index >= 15 is 0 Å². The van der Waals surface area contributed by atoms with Crippen LogP contribution in [0.4, 0.5) is 5.69 Å². The van der Waals surface area contributed by atoms with E-state index in [4.69, 9.17) is 5.73 Å². The number of fused-ring (bicyclic) bond motifs is 2. The second-order valence-electron chi connectivity index (χ2n) is 7.19. The molecule has 1 unspecified atom stereocenters. The van der Waals surface area contributed by atoms with E-state index in [-0.39, 0.29) is 17.4 Å². The van der Waals surface area contributed by atoms with Crippen molar-refractivity contribution in [3.05, 3.63) is 71.5 Å². The molecule has 0 saturated carbocycles. The molecule has 1 atom stereocenters. The highest BCUT2D eigenvalue weighted by Gasteiger charge is 2.35. The third kappa shape index (κ3) is 2.47. The van der Waals surface area contributed by atoms with Crippen LogP contribution in [0.5, 0.6) is 5.75 Å². The number of hydrogen-bond acceptors (Lipinski definition) is 5. The predicted molar refractivity (Wildman–Crippen MR) is 111 cm³/mol. The number of likely N-dealkylation sites (N-methyl/N-ethyl adjacent to an activating group) is 1. The number of phenols is 1. The van der Waals surface area contributed by atoms with Crippen LogP contribution < -0.4 is 10.6 Å². The van der Waals surface area contributed by atoms with Crippen molar-refractivity contribution in [3.63, 3.8) is 0 Å². The van der Waals surface area contributed by atoms with E-state index in [1.54, 1.807) is 42.4 Å². The normalized spacial score (nSPS) is 15.6. The summed E-state index contributed by atoms with van der Waals surface area (Å²) in [6.07, 6.45) is 1.71. The van der Waals surface area contributed by atoms with Crippen molar-refractivity contribution >= 4 is 28.5 Å². The fraction of sp³-hybridized carbons (Fsp3) is 0.0909. The summed E-state index contributed by atoms with van der Waals surface area (Å²) in [5, 5.41) is 18.5. The van der Waals surface area contributed by atoms with E-state index in [1.807, 2.05) is 24.3 Å². The Bertz CT molecular complexity index is 1330. The number of amides is 2. The van der Waals surface area contributed by atoms with Gasteiger partial charge in [0.1, 0.15) is 5.75 Å². The number of aromatic nitrogens is 3. The summed E-state index contributed by atoms with van der Waals surface area (Å²) >= 11 is 0. The molecule has 4 N–H and O–H groups in total. The minimum absolute atomic E-state index is 0.0444. The Morgan fingerprint density at radius 2 is 1.87 bits per heavy atom. The van der Waals surface area contributed by atoms with Gasteiger partial charge in [0.05, 0.1) is 11.6 Å². The molecule has 2 amide bonds. The van der Waals surface area contributed by atoms with Crippen LogP contribution in [-0.2, 0) is 4.79 Å². The molecule has 30 heavy (non-hydrogen) atoms. The zero-order valence-corrected chi connectivity index (χ0v) is 16.0. The summed E-state index contributed by atoms with van der Waals surface area (Å²) < 4.78 is 0. The number of carbonyl (C=O) groups is 2. The maximum atomic E-state index is 13.6. The molecule has 2 aromatic heterocycles. The van der Waals surface area contributed by atoms with Gasteiger partial charge < -0.3 is 20.7 Å². The lowest BCUT2D eigenvalue weighted by Gasteiger charge is -2.29. The fourth-order valence-corrected chi connectivity index (χ4v) is 4.11. The summed E-state index contributed by atoms with van der Waals surface area (Å²) in [5.41, 5.74) is 9.35. The van der Waals surface area contributed by atoms with Crippen LogP contribution in [0, 0.1) is 0 Å². The highest BCUT2D eigenvalue weighted by Crippen LogP contribution is 2.44. The van der Waals surface area contributed by atoms with Crippen LogP contribution >= 0.6 is 0 Å². The standard InChI is InChI=1S/C22H17N5O3/c1-27-15-5-3-2-4-13(15)17-18-14(10-24-21(18)26-25-19(17)20(23)29)16(22(27)30)11-6-8-12(28)9-7-11/h2-10,16,28H,1H3,(H2,23,29)(H,24,26). The zero-order valence-electron chi connectivity index (χ0n) is 16.0. The van der Waals surface area contributed by atoms with Crippen LogP contribution in [0.25, 0.3) is 22.2 Å². The first-order valence-corrected chi connectivity index (χ1v) is 9.30. The van der Waals surface area contributed by atoms with Crippen molar-refractivity contribution in [1.82, 2.24) is 15.2 Å². The lowest BCUT2D eigenvalue weighted by molar-refractivity contribution is -0.118. The number of carbonyl (C=O) groups excluding carboxylic acids is 2. The summed E-state index contributed by atoms with van der Waals surface area (Å²) in [6.45, 7) is 0. The molecule has 8 heteroatoms. The predicted octanol–water partition coefficient (Wildman–Crippen LogP) is 2.54. The number of hydrogen-bond donors (Lipinski definition) is 3. The summed E-state index contributed by atoms with van der Waals surface area (Å²) in [4.78, 5) is 30.5. The molecular weight excluding hydrogens is 382 g/mol. The lowest BCUT2D eigenvalue weighted by atomic mass is 9.85. The van der Waals surface area contributed by atoms with Gasteiger partial charge in [-0.15, -0.1) is 10.2 Å². The van der Waals surface area contributed by atoms with E-state index in [0.717, 1.165) is 0 Å². The van der Waals surface area contributed by atoms with Gasteiger partial charge in [-0.25, -0.2) is 0 Å². The maximum absolute atomic E-state index is 13.6. The number of phenolic OH excluding ortho intramolecular Hbond substituents is 1. The van der Waals surface area contributed by atoms with Crippen LogP contribution in [0.3, 0.4) is 0 Å². The van der Waals surface area contributed by atoms with Gasteiger partial charge in [0, 0.05) is 29.8 Å². The number of aromatic hydroxyl groups is 1. The Kier molecular flexibility index (Phi) is 3.82. The molecule has 5 rings (SSSR count). The van der Waals surface area contributed by atoms with Crippen molar-refractivity contribution < 1.29 is 14.7 Å². The van der Waals surface area contributed by atoms with Crippen molar-refractivity contribution in [1.29, 1.82) is 0 Å². The molecule has 0 fully saturated rings. The second-order valence-corrected chi connectivity index (χ2v) is 7.19. The fourth-order valence-electron chi connectivity index (χ4n) is 4.11. The Hall–Kier alpha value is -4.20. The Balaban J connectivity index is 1.94. The van der Waals surface area contributed by atoms with Crippen molar-refractivity contribution in [2.75, 3.05) is 11.9 Å². The van der Waals surface area contributed by atoms with Crippen LogP contribution in [0.15, 0.2) is 54.7 Å². The molecule has 0 bridgehead atoms. The van der Waals surface area contributed by atoms with Gasteiger partial charge in [-0.05, 0) is 29.3 Å². The van der Waals surface area contributed by atoms with Gasteiger partial charge in [0.25, 0.3) is 5.91 Å². The van der Waals surface area contributed by atoms with Gasteiger partial charge in [0.2, 0.25) is 5.91 Å². The number of nitrogens with two attached hydrogens (primary N) is 1. The van der Waals surface area contributed by atoms with E-state index in [1.165, 1.54) is 0 Å². The minimum atomic E-state index is -0.697. The molecule has 8 nitrogen and oxygen atoms in total. The van der Waals surface area contributed by atoms with E-state index in [0.29, 0.717) is 39.0 Å². The number of anilines is 1. The number of primary amides is 1. The SMILES string of the molecule is CN1C(=O)C(c2ccc(O)cc2)c2c[nH]c3nnc(C(N)=O)c(c23)-c2ccccc21. The van der Waals surface area contributed by atoms with Crippen LogP contribution in [0.2, 0.25) is 0 Å². The van der Waals surface area contributed by atoms with Crippen molar-refractivity contribution in [3.8, 4) is 16.9 Å². The first-order chi connectivity index (χ1) is 14.5. The number of nitrogens with one attached hydrogen (secondary N) is 1. The Morgan fingerprint density at radius 1 is 1.13 bits per heavy atom. The first kappa shape index (κ1) is 17.9. The quantitative estimate of drug-likeness (QED) is 0.478. The van der Waals surface area contributed by atoms with Crippen molar-refractivity contribution in [2.45, 2.75) is 5.92 Å². The third-order valence-electron chi connectivity index (χ3n) is 5.51. The number of nitrogens with zero attached hydrogens (tertiary/aromatic N) is 3. The molecule has 0 radical (unpaired) electrons. The summed E-state index contributed by atoms with van der Waals surface area (Å²) in [5.74, 6) is -1.42. The molecule has 3 heterocycles. The molecular formula is C22H17N5O3. The van der Waals surface area contributed by atoms with E-state index in [9.17, 15) is 14.7 Å². The average molecular weight is 399 g/mol. The molecule has 1 aliphatic heterocycles. The topological polar surface area (TPSA) is 125 Å². The van der Waals surface area contributed by atoms with Gasteiger partial charge in [0.15, 0.2) is 11.3 Å². The molecule has 0 saturated heterocycles. The maximum Gasteiger partial charge on any atom is 0.269 e. The monoisotopic (exact) mass is 399 g/mol. The molecule has 0 spiro atoms. The average Bonchev–Trinajstić information content (AvgIpc) is 3.17. The van der Waals surface area contributed by atoms with Gasteiger partial charge in [-0.2, -0.15) is 0 Å². The molecule has 4 aromatic rings. The van der Waals surface area contributed by atoms with Crippen molar-refractivity contribution in [2.24, 2.45) is 5.73 Å². The lowest BCUT2D eigenvalue weighted by Crippen LogP contribution is -2.33. The molecule has 2 aromatic carbocycles. The highest BCUT2D eigenvalue weighted by atomic mass is 16.3. The van der Waals surface area contributed by atoms with E-state index < -0.39 is 11.8 Å².